The lowest BCUT2D eigenvalue weighted by Crippen LogP contribution is -2.46. The zero-order chi connectivity index (χ0) is 14.7. The molecular formula is C14H15N3O2S2. The second-order valence-corrected chi connectivity index (χ2v) is 6.77. The summed E-state index contributed by atoms with van der Waals surface area (Å²) in [7, 11) is 0. The van der Waals surface area contributed by atoms with Crippen LogP contribution in [-0.2, 0) is 11.3 Å². The van der Waals surface area contributed by atoms with Crippen LogP contribution in [0.15, 0.2) is 29.8 Å². The van der Waals surface area contributed by atoms with Crippen LogP contribution in [0.3, 0.4) is 0 Å². The number of pyridine rings is 1. The number of thiazole rings is 1. The standard InChI is InChI=1S/C14H15N3O2S2/c18-14(19)12-9-20-6-5-17(12)7-10-8-21-13(16-10)11-3-1-2-4-15-11/h1-4,8,12H,5-7,9H2,(H,18,19). The first-order valence-corrected chi connectivity index (χ1v) is 8.68. The monoisotopic (exact) mass is 321 g/mol. The van der Waals surface area contributed by atoms with Crippen LogP contribution in [0.5, 0.6) is 0 Å². The third-order valence-corrected chi connectivity index (χ3v) is 5.26. The van der Waals surface area contributed by atoms with Gasteiger partial charge < -0.3 is 5.11 Å². The Hall–Kier alpha value is -1.44. The number of hydrogen-bond donors (Lipinski definition) is 1. The molecule has 1 aliphatic rings. The van der Waals surface area contributed by atoms with Crippen LogP contribution in [0.1, 0.15) is 5.69 Å². The van der Waals surface area contributed by atoms with E-state index in [-0.39, 0.29) is 0 Å². The Bertz CT molecular complexity index is 618. The van der Waals surface area contributed by atoms with Crippen molar-refractivity contribution < 1.29 is 9.90 Å². The molecule has 0 radical (unpaired) electrons. The number of aliphatic carboxylic acids is 1. The quantitative estimate of drug-likeness (QED) is 0.931. The lowest BCUT2D eigenvalue weighted by molar-refractivity contribution is -0.142. The number of carboxylic acid groups (broad SMARTS) is 1. The molecule has 1 saturated heterocycles. The molecule has 3 heterocycles. The van der Waals surface area contributed by atoms with Crippen LogP contribution in [-0.4, -0.2) is 50.0 Å². The molecule has 1 fully saturated rings. The van der Waals surface area contributed by atoms with Gasteiger partial charge in [0, 0.05) is 36.2 Å². The predicted molar refractivity (Wildman–Crippen MR) is 84.5 cm³/mol. The van der Waals surface area contributed by atoms with Gasteiger partial charge in [-0.2, -0.15) is 11.8 Å². The number of rotatable bonds is 4. The van der Waals surface area contributed by atoms with Crippen LogP contribution in [0.25, 0.3) is 10.7 Å². The number of aromatic nitrogens is 2. The number of thioether (sulfide) groups is 1. The van der Waals surface area contributed by atoms with Crippen LogP contribution >= 0.6 is 23.1 Å². The van der Waals surface area contributed by atoms with E-state index in [2.05, 4.69) is 9.97 Å². The zero-order valence-corrected chi connectivity index (χ0v) is 12.9. The van der Waals surface area contributed by atoms with Crippen molar-refractivity contribution in [2.75, 3.05) is 18.1 Å². The molecule has 0 saturated carbocycles. The van der Waals surface area contributed by atoms with E-state index in [4.69, 9.17) is 0 Å². The highest BCUT2D eigenvalue weighted by Crippen LogP contribution is 2.24. The molecule has 0 aliphatic carbocycles. The van der Waals surface area contributed by atoms with Crippen molar-refractivity contribution in [3.05, 3.63) is 35.5 Å². The van der Waals surface area contributed by atoms with Gasteiger partial charge in [0.1, 0.15) is 11.0 Å². The Balaban J connectivity index is 1.73. The molecule has 21 heavy (non-hydrogen) atoms. The Morgan fingerprint density at radius 2 is 2.38 bits per heavy atom. The average Bonchev–Trinajstić information content (AvgIpc) is 2.97. The number of carboxylic acids is 1. The second kappa shape index (κ2) is 6.55. The second-order valence-electron chi connectivity index (χ2n) is 4.76. The fourth-order valence-corrected chi connectivity index (χ4v) is 4.14. The molecule has 0 spiro atoms. The highest BCUT2D eigenvalue weighted by molar-refractivity contribution is 7.99. The fourth-order valence-electron chi connectivity index (χ4n) is 2.25. The maximum Gasteiger partial charge on any atom is 0.321 e. The molecule has 0 aromatic carbocycles. The summed E-state index contributed by atoms with van der Waals surface area (Å²) < 4.78 is 0. The largest absolute Gasteiger partial charge is 0.480 e. The van der Waals surface area contributed by atoms with Gasteiger partial charge >= 0.3 is 5.97 Å². The third-order valence-electron chi connectivity index (χ3n) is 3.33. The van der Waals surface area contributed by atoms with Gasteiger partial charge in [-0.25, -0.2) is 4.98 Å². The van der Waals surface area contributed by atoms with E-state index < -0.39 is 12.0 Å². The van der Waals surface area contributed by atoms with E-state index in [1.807, 2.05) is 28.5 Å². The molecule has 5 nitrogen and oxygen atoms in total. The van der Waals surface area contributed by atoms with Gasteiger partial charge in [-0.05, 0) is 12.1 Å². The summed E-state index contributed by atoms with van der Waals surface area (Å²) >= 11 is 3.25. The highest BCUT2D eigenvalue weighted by atomic mass is 32.2. The Morgan fingerprint density at radius 1 is 1.48 bits per heavy atom. The van der Waals surface area contributed by atoms with Gasteiger partial charge in [-0.15, -0.1) is 11.3 Å². The molecule has 1 atom stereocenters. The molecular weight excluding hydrogens is 306 g/mol. The number of nitrogens with zero attached hydrogens (tertiary/aromatic N) is 3. The predicted octanol–water partition coefficient (Wildman–Crippen LogP) is 2.21. The van der Waals surface area contributed by atoms with Crippen LogP contribution in [0, 0.1) is 0 Å². The molecule has 1 unspecified atom stereocenters. The van der Waals surface area contributed by atoms with Crippen molar-refractivity contribution in [1.29, 1.82) is 0 Å². The summed E-state index contributed by atoms with van der Waals surface area (Å²) in [5.41, 5.74) is 1.77. The molecule has 0 bridgehead atoms. The van der Waals surface area contributed by atoms with E-state index in [0.717, 1.165) is 28.7 Å². The SMILES string of the molecule is O=C(O)C1CSCCN1Cc1csc(-c2ccccn2)n1. The summed E-state index contributed by atoms with van der Waals surface area (Å²) in [5, 5.41) is 12.2. The average molecular weight is 321 g/mol. The third kappa shape index (κ3) is 3.42. The topological polar surface area (TPSA) is 66.3 Å². The van der Waals surface area contributed by atoms with Gasteiger partial charge in [0.15, 0.2) is 0 Å². The highest BCUT2D eigenvalue weighted by Gasteiger charge is 2.29. The zero-order valence-electron chi connectivity index (χ0n) is 11.3. The minimum absolute atomic E-state index is 0.413. The van der Waals surface area contributed by atoms with Crippen molar-refractivity contribution in [2.45, 2.75) is 12.6 Å². The normalized spacial score (nSPS) is 19.5. The summed E-state index contributed by atoms with van der Waals surface area (Å²) in [6.45, 7) is 1.37. The van der Waals surface area contributed by atoms with E-state index >= 15 is 0 Å². The molecule has 110 valence electrons. The van der Waals surface area contributed by atoms with Crippen molar-refractivity contribution in [2.24, 2.45) is 0 Å². The molecule has 3 rings (SSSR count). The summed E-state index contributed by atoms with van der Waals surface area (Å²) in [6, 6.07) is 5.33. The van der Waals surface area contributed by atoms with Crippen LogP contribution in [0.2, 0.25) is 0 Å². The first-order valence-electron chi connectivity index (χ1n) is 6.64. The fraction of sp³-hybridized carbons (Fsp3) is 0.357. The maximum absolute atomic E-state index is 11.3. The molecule has 0 amide bonds. The Morgan fingerprint density at radius 3 is 3.14 bits per heavy atom. The van der Waals surface area contributed by atoms with E-state index in [1.54, 1.807) is 29.3 Å². The Kier molecular flexibility index (Phi) is 4.52. The van der Waals surface area contributed by atoms with Crippen molar-refractivity contribution in [1.82, 2.24) is 14.9 Å². The van der Waals surface area contributed by atoms with Crippen molar-refractivity contribution in [3.63, 3.8) is 0 Å². The number of carbonyl (C=O) groups is 1. The summed E-state index contributed by atoms with van der Waals surface area (Å²) in [5.74, 6) is 0.871. The van der Waals surface area contributed by atoms with Crippen LogP contribution in [0.4, 0.5) is 0 Å². The van der Waals surface area contributed by atoms with Gasteiger partial charge in [-0.3, -0.25) is 14.7 Å². The molecule has 2 aromatic heterocycles. The van der Waals surface area contributed by atoms with E-state index in [0.29, 0.717) is 12.3 Å². The van der Waals surface area contributed by atoms with E-state index in [1.165, 1.54) is 0 Å². The van der Waals surface area contributed by atoms with Crippen molar-refractivity contribution >= 4 is 29.1 Å². The molecule has 1 N–H and O–H groups in total. The smallest absolute Gasteiger partial charge is 0.321 e. The summed E-state index contributed by atoms with van der Waals surface area (Å²) in [4.78, 5) is 22.2. The molecule has 7 heteroatoms. The Labute approximate surface area is 131 Å². The van der Waals surface area contributed by atoms with Crippen molar-refractivity contribution in [3.8, 4) is 10.7 Å². The lowest BCUT2D eigenvalue weighted by atomic mass is 10.2. The minimum atomic E-state index is -0.748. The first-order chi connectivity index (χ1) is 10.2. The van der Waals surface area contributed by atoms with E-state index in [9.17, 15) is 9.90 Å². The van der Waals surface area contributed by atoms with Gasteiger partial charge in [0.2, 0.25) is 0 Å². The lowest BCUT2D eigenvalue weighted by Gasteiger charge is -2.31. The van der Waals surface area contributed by atoms with Gasteiger partial charge in [0.25, 0.3) is 0 Å². The maximum atomic E-state index is 11.3. The minimum Gasteiger partial charge on any atom is -0.480 e. The first kappa shape index (κ1) is 14.5. The number of hydrogen-bond acceptors (Lipinski definition) is 6. The van der Waals surface area contributed by atoms with Crippen LogP contribution < -0.4 is 0 Å². The summed E-state index contributed by atoms with van der Waals surface area (Å²) in [6.07, 6.45) is 1.75. The van der Waals surface area contributed by atoms with Gasteiger partial charge in [0.05, 0.1) is 11.4 Å². The molecule has 1 aliphatic heterocycles. The van der Waals surface area contributed by atoms with Gasteiger partial charge in [-0.1, -0.05) is 6.07 Å². The molecule has 2 aromatic rings.